The van der Waals surface area contributed by atoms with Gasteiger partial charge in [0.05, 0.1) is 0 Å². The Bertz CT molecular complexity index is 501. The number of benzene rings is 1. The first-order chi connectivity index (χ1) is 9.95. The van der Waals surface area contributed by atoms with Crippen molar-refractivity contribution in [3.63, 3.8) is 0 Å². The Morgan fingerprint density at radius 3 is 2.29 bits per heavy atom. The van der Waals surface area contributed by atoms with Crippen LogP contribution in [0.4, 0.5) is 0 Å². The highest BCUT2D eigenvalue weighted by Crippen LogP contribution is 2.16. The van der Waals surface area contributed by atoms with Crippen molar-refractivity contribution in [2.45, 2.75) is 25.0 Å². The molecule has 0 radical (unpaired) electrons. The van der Waals surface area contributed by atoms with Gasteiger partial charge in [-0.1, -0.05) is 30.3 Å². The van der Waals surface area contributed by atoms with Crippen molar-refractivity contribution in [2.24, 2.45) is 0 Å². The predicted octanol–water partition coefficient (Wildman–Crippen LogP) is 0.808. The molecule has 1 aromatic carbocycles. The van der Waals surface area contributed by atoms with E-state index in [0.717, 1.165) is 0 Å². The Labute approximate surface area is 121 Å². The number of methoxy groups -OCH3 is 1. The van der Waals surface area contributed by atoms with E-state index in [-0.39, 0.29) is 12.8 Å². The molecule has 21 heavy (non-hydrogen) atoms. The Morgan fingerprint density at radius 1 is 1.19 bits per heavy atom. The lowest BCUT2D eigenvalue weighted by atomic mass is 10.1. The maximum absolute atomic E-state index is 12.1. The highest BCUT2D eigenvalue weighted by Gasteiger charge is 2.26. The first-order valence-corrected chi connectivity index (χ1v) is 6.28. The largest absolute Gasteiger partial charge is 0.481 e. The van der Waals surface area contributed by atoms with Crippen LogP contribution in [0, 0.1) is 0 Å². The number of hydrogen-bond acceptors (Lipinski definition) is 4. The smallest absolute Gasteiger partial charge is 0.326 e. The number of carbonyl (C=O) groups is 3. The summed E-state index contributed by atoms with van der Waals surface area (Å²) in [7, 11) is 1.34. The molecule has 7 nitrogen and oxygen atoms in total. The van der Waals surface area contributed by atoms with Crippen LogP contribution in [0.15, 0.2) is 30.3 Å². The third-order valence-corrected chi connectivity index (χ3v) is 2.84. The topological polar surface area (TPSA) is 113 Å². The number of rotatable bonds is 8. The molecule has 0 bridgehead atoms. The lowest BCUT2D eigenvalue weighted by molar-refractivity contribution is -0.145. The lowest BCUT2D eigenvalue weighted by Crippen LogP contribution is -2.43. The average molecular weight is 295 g/mol. The summed E-state index contributed by atoms with van der Waals surface area (Å²) in [6.07, 6.45) is -1.49. The van der Waals surface area contributed by atoms with Crippen molar-refractivity contribution >= 4 is 17.8 Å². The molecule has 7 heteroatoms. The van der Waals surface area contributed by atoms with Gasteiger partial charge in [-0.15, -0.1) is 0 Å². The summed E-state index contributed by atoms with van der Waals surface area (Å²) in [5.41, 5.74) is 0.583. The maximum atomic E-state index is 12.1. The van der Waals surface area contributed by atoms with Crippen molar-refractivity contribution in [1.82, 2.24) is 5.32 Å². The summed E-state index contributed by atoms with van der Waals surface area (Å²) >= 11 is 0. The zero-order valence-electron chi connectivity index (χ0n) is 11.5. The zero-order chi connectivity index (χ0) is 15.8. The van der Waals surface area contributed by atoms with Crippen LogP contribution in [0.3, 0.4) is 0 Å². The van der Waals surface area contributed by atoms with E-state index in [2.05, 4.69) is 5.32 Å². The highest BCUT2D eigenvalue weighted by atomic mass is 16.5. The number of hydrogen-bond donors (Lipinski definition) is 3. The molecule has 0 aromatic heterocycles. The number of amides is 1. The number of ether oxygens (including phenoxy) is 1. The number of carboxylic acid groups (broad SMARTS) is 2. The van der Waals surface area contributed by atoms with Crippen molar-refractivity contribution in [2.75, 3.05) is 7.11 Å². The quantitative estimate of drug-likeness (QED) is 0.654. The summed E-state index contributed by atoms with van der Waals surface area (Å²) in [5, 5.41) is 19.9. The lowest BCUT2D eigenvalue weighted by Gasteiger charge is -2.19. The van der Waals surface area contributed by atoms with Gasteiger partial charge in [0.2, 0.25) is 0 Å². The minimum Gasteiger partial charge on any atom is -0.481 e. The first-order valence-electron chi connectivity index (χ1n) is 6.28. The second kappa shape index (κ2) is 8.01. The Morgan fingerprint density at radius 2 is 1.81 bits per heavy atom. The van der Waals surface area contributed by atoms with Crippen LogP contribution in [-0.4, -0.2) is 41.2 Å². The Balaban J connectivity index is 2.75. The second-order valence-corrected chi connectivity index (χ2v) is 4.36. The fraction of sp³-hybridized carbons (Fsp3) is 0.357. The third kappa shape index (κ3) is 5.23. The summed E-state index contributed by atoms with van der Waals surface area (Å²) in [4.78, 5) is 33.6. The minimum atomic E-state index is -1.28. The molecule has 0 fully saturated rings. The van der Waals surface area contributed by atoms with Crippen LogP contribution < -0.4 is 5.32 Å². The van der Waals surface area contributed by atoms with Crippen molar-refractivity contribution in [3.05, 3.63) is 35.9 Å². The first kappa shape index (κ1) is 16.6. The molecule has 1 amide bonds. The summed E-state index contributed by atoms with van der Waals surface area (Å²) in [6, 6.07) is 7.33. The molecule has 0 saturated carbocycles. The van der Waals surface area contributed by atoms with E-state index in [1.807, 2.05) is 0 Å². The molecule has 1 rings (SSSR count). The minimum absolute atomic E-state index is 0.193. The van der Waals surface area contributed by atoms with Crippen LogP contribution in [0.2, 0.25) is 0 Å². The Kier molecular flexibility index (Phi) is 6.35. The molecular weight excluding hydrogens is 278 g/mol. The molecule has 114 valence electrons. The average Bonchev–Trinajstić information content (AvgIpc) is 2.44. The van der Waals surface area contributed by atoms with Gasteiger partial charge in [0, 0.05) is 13.5 Å². The van der Waals surface area contributed by atoms with E-state index >= 15 is 0 Å². The van der Waals surface area contributed by atoms with Gasteiger partial charge in [-0.2, -0.15) is 0 Å². The molecule has 3 N–H and O–H groups in total. The molecule has 0 aliphatic rings. The van der Waals surface area contributed by atoms with Crippen LogP contribution >= 0.6 is 0 Å². The SMILES string of the molecule is CO[C@@H](C(=O)N[C@H](CCC(=O)O)C(=O)O)c1ccccc1. The molecule has 0 saturated heterocycles. The molecule has 0 unspecified atom stereocenters. The van der Waals surface area contributed by atoms with Crippen molar-refractivity contribution < 1.29 is 29.3 Å². The van der Waals surface area contributed by atoms with Crippen molar-refractivity contribution in [3.8, 4) is 0 Å². The zero-order valence-corrected chi connectivity index (χ0v) is 11.5. The highest BCUT2D eigenvalue weighted by molar-refractivity contribution is 5.87. The number of carbonyl (C=O) groups excluding carboxylic acids is 1. The summed E-state index contributed by atoms with van der Waals surface area (Å²) in [6.45, 7) is 0. The van der Waals surface area contributed by atoms with Gasteiger partial charge < -0.3 is 20.3 Å². The van der Waals surface area contributed by atoms with Gasteiger partial charge in [0.15, 0.2) is 6.10 Å². The summed E-state index contributed by atoms with van der Waals surface area (Å²) < 4.78 is 5.08. The van der Waals surface area contributed by atoms with E-state index in [1.54, 1.807) is 30.3 Å². The molecule has 1 aromatic rings. The normalized spacial score (nSPS) is 13.2. The van der Waals surface area contributed by atoms with Crippen LogP contribution in [-0.2, 0) is 19.1 Å². The van der Waals surface area contributed by atoms with Gasteiger partial charge in [0.1, 0.15) is 6.04 Å². The fourth-order valence-electron chi connectivity index (χ4n) is 1.79. The van der Waals surface area contributed by atoms with Gasteiger partial charge in [-0.25, -0.2) is 4.79 Å². The van der Waals surface area contributed by atoms with Gasteiger partial charge >= 0.3 is 11.9 Å². The van der Waals surface area contributed by atoms with Gasteiger partial charge in [-0.05, 0) is 12.0 Å². The maximum Gasteiger partial charge on any atom is 0.326 e. The molecule has 2 atom stereocenters. The van der Waals surface area contributed by atoms with Gasteiger partial charge in [-0.3, -0.25) is 9.59 Å². The second-order valence-electron chi connectivity index (χ2n) is 4.36. The van der Waals surface area contributed by atoms with Crippen LogP contribution in [0.5, 0.6) is 0 Å². The van der Waals surface area contributed by atoms with Crippen molar-refractivity contribution in [1.29, 1.82) is 0 Å². The predicted molar refractivity (Wildman–Crippen MR) is 72.6 cm³/mol. The van der Waals surface area contributed by atoms with E-state index in [9.17, 15) is 14.4 Å². The molecule has 0 spiro atoms. The molecule has 0 aliphatic heterocycles. The van der Waals surface area contributed by atoms with Gasteiger partial charge in [0.25, 0.3) is 5.91 Å². The monoisotopic (exact) mass is 295 g/mol. The standard InChI is InChI=1S/C14H17NO6/c1-21-12(9-5-3-2-4-6-9)13(18)15-10(14(19)20)7-8-11(16)17/h2-6,10,12H,7-8H2,1H3,(H,15,18)(H,16,17)(H,19,20)/t10-,12-/m1/s1. The molecule has 0 heterocycles. The van der Waals surface area contributed by atoms with Crippen LogP contribution in [0.1, 0.15) is 24.5 Å². The van der Waals surface area contributed by atoms with E-state index < -0.39 is 30.0 Å². The summed E-state index contributed by atoms with van der Waals surface area (Å²) in [5.74, 6) is -3.03. The number of aliphatic carboxylic acids is 2. The van der Waals surface area contributed by atoms with Crippen LogP contribution in [0.25, 0.3) is 0 Å². The fourth-order valence-corrected chi connectivity index (χ4v) is 1.79. The molecular formula is C14H17NO6. The number of nitrogens with one attached hydrogen (secondary N) is 1. The van der Waals surface area contributed by atoms with E-state index in [1.165, 1.54) is 7.11 Å². The van der Waals surface area contributed by atoms with E-state index in [4.69, 9.17) is 14.9 Å². The number of carboxylic acids is 2. The van der Waals surface area contributed by atoms with E-state index in [0.29, 0.717) is 5.56 Å². The third-order valence-electron chi connectivity index (χ3n) is 2.84. The Hall–Kier alpha value is -2.41. The molecule has 0 aliphatic carbocycles.